The summed E-state index contributed by atoms with van der Waals surface area (Å²) < 4.78 is 28.4. The van der Waals surface area contributed by atoms with Crippen LogP contribution in [0.25, 0.3) is 0 Å². The third-order valence-corrected chi connectivity index (χ3v) is 4.79. The number of allylic oxidation sites excluding steroid dienone is 3. The van der Waals surface area contributed by atoms with Crippen molar-refractivity contribution >= 4 is 11.4 Å². The summed E-state index contributed by atoms with van der Waals surface area (Å²) in [6.07, 6.45) is 3.19. The summed E-state index contributed by atoms with van der Waals surface area (Å²) in [5, 5.41) is 11.6. The minimum atomic E-state index is -0.804. The van der Waals surface area contributed by atoms with E-state index in [4.69, 9.17) is 0 Å². The zero-order valence-corrected chi connectivity index (χ0v) is 15.9. The highest BCUT2D eigenvalue weighted by atomic mass is 19.1. The fourth-order valence-corrected chi connectivity index (χ4v) is 2.83. The van der Waals surface area contributed by atoms with E-state index >= 15 is 0 Å². The first-order chi connectivity index (χ1) is 11.8. The summed E-state index contributed by atoms with van der Waals surface area (Å²) in [6.45, 7) is 12.3. The molecule has 0 aromatic carbocycles. The Morgan fingerprint density at radius 2 is 1.88 bits per heavy atom. The van der Waals surface area contributed by atoms with Crippen LogP contribution < -0.4 is 16.2 Å². The zero-order valence-electron chi connectivity index (χ0n) is 15.9. The van der Waals surface area contributed by atoms with E-state index in [-0.39, 0.29) is 17.5 Å². The van der Waals surface area contributed by atoms with Crippen molar-refractivity contribution in [3.8, 4) is 0 Å². The highest BCUT2D eigenvalue weighted by molar-refractivity contribution is 6.08. The van der Waals surface area contributed by atoms with Gasteiger partial charge in [0.25, 0.3) is 0 Å². The lowest BCUT2D eigenvalue weighted by Crippen LogP contribution is -2.41. The minimum absolute atomic E-state index is 0.186. The lowest BCUT2D eigenvalue weighted by Gasteiger charge is -2.33. The third-order valence-electron chi connectivity index (χ3n) is 4.79. The van der Waals surface area contributed by atoms with Crippen molar-refractivity contribution in [3.05, 3.63) is 24.3 Å². The van der Waals surface area contributed by atoms with E-state index in [1.807, 2.05) is 20.8 Å². The maximum absolute atomic E-state index is 14.2. The number of hydrazone groups is 2. The van der Waals surface area contributed by atoms with Gasteiger partial charge in [-0.15, -0.1) is 0 Å². The minimum Gasteiger partial charge on any atom is -0.317 e. The highest BCUT2D eigenvalue weighted by Crippen LogP contribution is 2.34. The summed E-state index contributed by atoms with van der Waals surface area (Å²) in [7, 11) is 1.60. The fourth-order valence-electron chi connectivity index (χ4n) is 2.83. The zero-order chi connectivity index (χ0) is 19.0. The molecular formula is C18H31F2N5. The predicted molar refractivity (Wildman–Crippen MR) is 101 cm³/mol. The molecule has 0 aromatic heterocycles. The standard InChI is InChI=1S/C18H31F2N5/c1-7-15(20)16(24-21-6)12(2)18(4,5)17(13(3)19)25-23-14-8-10-22-11-9-14/h7,12,14,21-23H,3,8-11H2,1-2,4-6H3/b15-7+,24-16+,25-17-. The normalized spacial score (nSPS) is 19.6. The van der Waals surface area contributed by atoms with E-state index in [1.165, 1.54) is 6.08 Å². The Hall–Kier alpha value is -1.76. The molecule has 5 nitrogen and oxygen atoms in total. The second-order valence-electron chi connectivity index (χ2n) is 6.82. The summed E-state index contributed by atoms with van der Waals surface area (Å²) >= 11 is 0. The largest absolute Gasteiger partial charge is 0.317 e. The van der Waals surface area contributed by atoms with Gasteiger partial charge in [0.15, 0.2) is 0 Å². The molecule has 0 saturated carbocycles. The molecule has 1 fully saturated rings. The van der Waals surface area contributed by atoms with E-state index in [9.17, 15) is 8.78 Å². The lowest BCUT2D eigenvalue weighted by atomic mass is 9.73. The molecule has 0 aromatic rings. The Morgan fingerprint density at radius 3 is 2.36 bits per heavy atom. The quantitative estimate of drug-likeness (QED) is 0.463. The van der Waals surface area contributed by atoms with Crippen LogP contribution in [0.4, 0.5) is 8.78 Å². The van der Waals surface area contributed by atoms with Crippen LogP contribution in [0.1, 0.15) is 40.5 Å². The Balaban J connectivity index is 3.09. The van der Waals surface area contributed by atoms with Crippen LogP contribution in [0.5, 0.6) is 0 Å². The van der Waals surface area contributed by atoms with Gasteiger partial charge in [-0.05, 0) is 38.9 Å². The molecule has 0 radical (unpaired) electrons. The van der Waals surface area contributed by atoms with Gasteiger partial charge in [-0.3, -0.25) is 0 Å². The first-order valence-corrected chi connectivity index (χ1v) is 8.71. The van der Waals surface area contributed by atoms with Crippen molar-refractivity contribution in [1.82, 2.24) is 16.2 Å². The van der Waals surface area contributed by atoms with E-state index < -0.39 is 23.0 Å². The van der Waals surface area contributed by atoms with Gasteiger partial charge in [-0.2, -0.15) is 10.2 Å². The molecule has 1 heterocycles. The second-order valence-corrected chi connectivity index (χ2v) is 6.82. The fraction of sp³-hybridized carbons (Fsp3) is 0.667. The van der Waals surface area contributed by atoms with Crippen molar-refractivity contribution in [1.29, 1.82) is 0 Å². The van der Waals surface area contributed by atoms with E-state index in [0.29, 0.717) is 0 Å². The lowest BCUT2D eigenvalue weighted by molar-refractivity contribution is 0.379. The Labute approximate surface area is 149 Å². The number of hydrogen-bond acceptors (Lipinski definition) is 5. The molecule has 1 atom stereocenters. The van der Waals surface area contributed by atoms with Crippen LogP contribution in [0, 0.1) is 11.3 Å². The van der Waals surface area contributed by atoms with Crippen molar-refractivity contribution in [2.45, 2.75) is 46.6 Å². The molecule has 0 spiro atoms. The summed E-state index contributed by atoms with van der Waals surface area (Å²) in [4.78, 5) is 0. The molecule has 1 rings (SSSR count). The van der Waals surface area contributed by atoms with Crippen molar-refractivity contribution < 1.29 is 8.78 Å². The number of halogens is 2. The first-order valence-electron chi connectivity index (χ1n) is 8.71. The molecule has 3 N–H and O–H groups in total. The molecular weight excluding hydrogens is 324 g/mol. The van der Waals surface area contributed by atoms with Crippen LogP contribution in [-0.4, -0.2) is 37.6 Å². The predicted octanol–water partition coefficient (Wildman–Crippen LogP) is 3.28. The molecule has 0 amide bonds. The van der Waals surface area contributed by atoms with Crippen LogP contribution in [0.15, 0.2) is 34.5 Å². The second kappa shape index (κ2) is 9.65. The average Bonchev–Trinajstić information content (AvgIpc) is 2.59. The topological polar surface area (TPSA) is 60.8 Å². The van der Waals surface area contributed by atoms with Crippen molar-refractivity contribution in [2.75, 3.05) is 20.1 Å². The van der Waals surface area contributed by atoms with Crippen molar-refractivity contribution in [2.24, 2.45) is 21.5 Å². The molecule has 25 heavy (non-hydrogen) atoms. The summed E-state index contributed by atoms with van der Waals surface area (Å²) in [5.74, 6) is -1.48. The molecule has 1 unspecified atom stereocenters. The van der Waals surface area contributed by atoms with Crippen molar-refractivity contribution in [3.63, 3.8) is 0 Å². The van der Waals surface area contributed by atoms with Crippen LogP contribution in [0.3, 0.4) is 0 Å². The van der Waals surface area contributed by atoms with Gasteiger partial charge in [0.1, 0.15) is 17.4 Å². The maximum atomic E-state index is 14.2. The van der Waals surface area contributed by atoms with Gasteiger partial charge in [-0.25, -0.2) is 8.78 Å². The molecule has 0 bridgehead atoms. The average molecular weight is 355 g/mol. The highest BCUT2D eigenvalue weighted by Gasteiger charge is 2.38. The summed E-state index contributed by atoms with van der Waals surface area (Å²) in [5.41, 5.74) is 5.29. The SMILES string of the molecule is C=C(F)/C(=N/NC1CCNCC1)C(C)(C)C(C)C(=N\NC)/C(F)=C\C. The molecule has 0 aliphatic carbocycles. The number of nitrogens with zero attached hydrogens (tertiary/aromatic N) is 2. The summed E-state index contributed by atoms with van der Waals surface area (Å²) in [6, 6.07) is 0.194. The number of rotatable bonds is 8. The van der Waals surface area contributed by atoms with Gasteiger partial charge in [0.2, 0.25) is 0 Å². The molecule has 1 saturated heterocycles. The van der Waals surface area contributed by atoms with Gasteiger partial charge in [-0.1, -0.05) is 27.4 Å². The van der Waals surface area contributed by atoms with Gasteiger partial charge < -0.3 is 16.2 Å². The number of hydrogen-bond donors (Lipinski definition) is 3. The number of nitrogens with one attached hydrogen (secondary N) is 3. The van der Waals surface area contributed by atoms with Crippen LogP contribution in [-0.2, 0) is 0 Å². The third kappa shape index (κ3) is 5.63. The number of piperidine rings is 1. The molecule has 1 aliphatic heterocycles. The van der Waals surface area contributed by atoms with Gasteiger partial charge >= 0.3 is 0 Å². The molecule has 1 aliphatic rings. The maximum Gasteiger partial charge on any atom is 0.142 e. The smallest absolute Gasteiger partial charge is 0.142 e. The Bertz CT molecular complexity index is 546. The van der Waals surface area contributed by atoms with E-state index in [2.05, 4.69) is 33.0 Å². The van der Waals surface area contributed by atoms with Gasteiger partial charge in [0, 0.05) is 24.4 Å². The van der Waals surface area contributed by atoms with Crippen LogP contribution in [0.2, 0.25) is 0 Å². The molecule has 142 valence electrons. The van der Waals surface area contributed by atoms with E-state index in [0.717, 1.165) is 25.9 Å². The monoisotopic (exact) mass is 355 g/mol. The first kappa shape index (κ1) is 21.3. The van der Waals surface area contributed by atoms with Crippen LogP contribution >= 0.6 is 0 Å². The Morgan fingerprint density at radius 1 is 1.28 bits per heavy atom. The van der Waals surface area contributed by atoms with E-state index in [1.54, 1.807) is 14.0 Å². The molecule has 7 heteroatoms. The van der Waals surface area contributed by atoms with Gasteiger partial charge in [0.05, 0.1) is 5.71 Å². The Kier molecular flexibility index (Phi) is 8.22.